The second-order valence-electron chi connectivity index (χ2n) is 7.48. The molecule has 2 heterocycles. The number of para-hydroxylation sites is 1. The standard InChI is InChI=1S/C24H22N6O2/c1-15(2)30-14-26-29-23(30)20-13-7-12-19(28-20)21-17(22(25)31)10-6-11-18(21)24(32)27-16-8-4-3-5-9-16/h3-15H,1-2H3,(H2,25,31)(H,27,32). The molecule has 4 aromatic rings. The first-order valence-electron chi connectivity index (χ1n) is 10.1. The molecule has 0 radical (unpaired) electrons. The van der Waals surface area contributed by atoms with Crippen molar-refractivity contribution in [3.63, 3.8) is 0 Å². The Morgan fingerprint density at radius 1 is 0.906 bits per heavy atom. The van der Waals surface area contributed by atoms with Gasteiger partial charge in [0.25, 0.3) is 5.91 Å². The van der Waals surface area contributed by atoms with Crippen LogP contribution in [0.2, 0.25) is 0 Å². The largest absolute Gasteiger partial charge is 0.366 e. The Morgan fingerprint density at radius 3 is 2.31 bits per heavy atom. The number of carbonyl (C=O) groups is 2. The summed E-state index contributed by atoms with van der Waals surface area (Å²) in [6.07, 6.45) is 1.64. The highest BCUT2D eigenvalue weighted by Crippen LogP contribution is 2.29. The summed E-state index contributed by atoms with van der Waals surface area (Å²) in [5, 5.41) is 11.0. The number of nitrogens with two attached hydrogens (primary N) is 1. The van der Waals surface area contributed by atoms with E-state index < -0.39 is 5.91 Å². The van der Waals surface area contributed by atoms with E-state index in [1.165, 1.54) is 0 Å². The molecule has 0 fully saturated rings. The highest BCUT2D eigenvalue weighted by molar-refractivity contribution is 6.12. The van der Waals surface area contributed by atoms with E-state index in [0.29, 0.717) is 34.0 Å². The van der Waals surface area contributed by atoms with Crippen molar-refractivity contribution in [1.29, 1.82) is 0 Å². The van der Waals surface area contributed by atoms with Gasteiger partial charge < -0.3 is 15.6 Å². The van der Waals surface area contributed by atoms with Crippen LogP contribution in [-0.2, 0) is 0 Å². The molecule has 0 saturated heterocycles. The van der Waals surface area contributed by atoms with Crippen LogP contribution in [0.1, 0.15) is 40.6 Å². The molecule has 2 amide bonds. The fraction of sp³-hybridized carbons (Fsp3) is 0.125. The fourth-order valence-corrected chi connectivity index (χ4v) is 3.45. The molecule has 4 rings (SSSR count). The van der Waals surface area contributed by atoms with Gasteiger partial charge in [-0.1, -0.05) is 30.3 Å². The molecule has 0 aliphatic heterocycles. The lowest BCUT2D eigenvalue weighted by atomic mass is 9.96. The lowest BCUT2D eigenvalue weighted by Gasteiger charge is -2.14. The topological polar surface area (TPSA) is 116 Å². The zero-order chi connectivity index (χ0) is 22.7. The van der Waals surface area contributed by atoms with Gasteiger partial charge in [0.05, 0.1) is 5.69 Å². The van der Waals surface area contributed by atoms with Gasteiger partial charge in [-0.2, -0.15) is 0 Å². The number of pyridine rings is 1. The number of amides is 2. The highest BCUT2D eigenvalue weighted by Gasteiger charge is 2.21. The maximum atomic E-state index is 13.1. The van der Waals surface area contributed by atoms with Crippen LogP contribution in [-0.4, -0.2) is 31.6 Å². The molecule has 0 spiro atoms. The van der Waals surface area contributed by atoms with E-state index >= 15 is 0 Å². The molecular weight excluding hydrogens is 404 g/mol. The van der Waals surface area contributed by atoms with Gasteiger partial charge in [0.2, 0.25) is 5.91 Å². The number of hydrogen-bond donors (Lipinski definition) is 2. The van der Waals surface area contributed by atoms with E-state index in [4.69, 9.17) is 10.7 Å². The minimum Gasteiger partial charge on any atom is -0.366 e. The Hall–Kier alpha value is -4.33. The van der Waals surface area contributed by atoms with Crippen molar-refractivity contribution < 1.29 is 9.59 Å². The molecule has 3 N–H and O–H groups in total. The number of benzene rings is 2. The minimum absolute atomic E-state index is 0.135. The summed E-state index contributed by atoms with van der Waals surface area (Å²) in [5.74, 6) is -0.424. The second-order valence-corrected chi connectivity index (χ2v) is 7.48. The van der Waals surface area contributed by atoms with E-state index in [-0.39, 0.29) is 17.5 Å². The van der Waals surface area contributed by atoms with Gasteiger partial charge in [-0.3, -0.25) is 9.59 Å². The van der Waals surface area contributed by atoms with Gasteiger partial charge >= 0.3 is 0 Å². The molecule has 2 aromatic heterocycles. The Kier molecular flexibility index (Phi) is 5.76. The van der Waals surface area contributed by atoms with Gasteiger partial charge in [-0.15, -0.1) is 10.2 Å². The minimum atomic E-state index is -0.646. The predicted octanol–water partition coefficient (Wildman–Crippen LogP) is 3.94. The van der Waals surface area contributed by atoms with Crippen LogP contribution < -0.4 is 11.1 Å². The second kappa shape index (κ2) is 8.81. The molecule has 0 saturated carbocycles. The third kappa shape index (κ3) is 4.11. The Morgan fingerprint density at radius 2 is 1.59 bits per heavy atom. The van der Waals surface area contributed by atoms with Gasteiger partial charge in [0, 0.05) is 28.4 Å². The van der Waals surface area contributed by atoms with Crippen LogP contribution in [0.3, 0.4) is 0 Å². The molecule has 0 aliphatic rings. The molecule has 0 bridgehead atoms. The Balaban J connectivity index is 1.83. The number of nitrogens with zero attached hydrogens (tertiary/aromatic N) is 4. The third-order valence-electron chi connectivity index (χ3n) is 4.97. The molecule has 2 aromatic carbocycles. The summed E-state index contributed by atoms with van der Waals surface area (Å²) in [4.78, 5) is 30.1. The summed E-state index contributed by atoms with van der Waals surface area (Å²) in [6, 6.07) is 19.4. The average molecular weight is 426 g/mol. The number of nitrogens with one attached hydrogen (secondary N) is 1. The average Bonchev–Trinajstić information content (AvgIpc) is 3.30. The van der Waals surface area contributed by atoms with Crippen LogP contribution >= 0.6 is 0 Å². The van der Waals surface area contributed by atoms with Crippen LogP contribution in [0.5, 0.6) is 0 Å². The van der Waals surface area contributed by atoms with Gasteiger partial charge in [0.1, 0.15) is 12.0 Å². The van der Waals surface area contributed by atoms with E-state index in [9.17, 15) is 9.59 Å². The fourth-order valence-electron chi connectivity index (χ4n) is 3.45. The SMILES string of the molecule is CC(C)n1cnnc1-c1cccc(-c2c(C(N)=O)cccc2C(=O)Nc2ccccc2)n1. The van der Waals surface area contributed by atoms with Crippen LogP contribution in [0, 0.1) is 0 Å². The lowest BCUT2D eigenvalue weighted by Crippen LogP contribution is -2.18. The van der Waals surface area contributed by atoms with Crippen molar-refractivity contribution in [1.82, 2.24) is 19.7 Å². The van der Waals surface area contributed by atoms with Gasteiger partial charge in [0.15, 0.2) is 5.82 Å². The Labute approximate surface area is 185 Å². The normalized spacial score (nSPS) is 10.8. The molecule has 0 atom stereocenters. The summed E-state index contributed by atoms with van der Waals surface area (Å²) < 4.78 is 1.90. The van der Waals surface area contributed by atoms with E-state index in [1.54, 1.807) is 48.8 Å². The van der Waals surface area contributed by atoms with Gasteiger partial charge in [-0.25, -0.2) is 4.98 Å². The monoisotopic (exact) mass is 426 g/mol. The van der Waals surface area contributed by atoms with Crippen LogP contribution in [0.15, 0.2) is 73.1 Å². The number of carbonyl (C=O) groups excluding carboxylic acids is 2. The molecule has 8 nitrogen and oxygen atoms in total. The number of anilines is 1. The number of hydrogen-bond acceptors (Lipinski definition) is 5. The Bertz CT molecular complexity index is 1280. The number of aromatic nitrogens is 4. The highest BCUT2D eigenvalue weighted by atomic mass is 16.2. The number of primary amides is 1. The quantitative estimate of drug-likeness (QED) is 0.484. The molecule has 0 unspecified atom stereocenters. The first-order chi connectivity index (χ1) is 15.5. The molecule has 32 heavy (non-hydrogen) atoms. The van der Waals surface area contributed by atoms with E-state index in [1.807, 2.05) is 42.7 Å². The van der Waals surface area contributed by atoms with Crippen molar-refractivity contribution in [2.24, 2.45) is 5.73 Å². The predicted molar refractivity (Wildman–Crippen MR) is 122 cm³/mol. The van der Waals surface area contributed by atoms with Gasteiger partial charge in [-0.05, 0) is 50.2 Å². The lowest BCUT2D eigenvalue weighted by molar-refractivity contribution is 0.100. The zero-order valence-corrected chi connectivity index (χ0v) is 17.7. The first kappa shape index (κ1) is 20.9. The van der Waals surface area contributed by atoms with E-state index in [2.05, 4.69) is 15.5 Å². The van der Waals surface area contributed by atoms with E-state index in [0.717, 1.165) is 0 Å². The zero-order valence-electron chi connectivity index (χ0n) is 17.7. The van der Waals surface area contributed by atoms with Crippen LogP contribution in [0.4, 0.5) is 5.69 Å². The smallest absolute Gasteiger partial charge is 0.256 e. The van der Waals surface area contributed by atoms with Crippen molar-refractivity contribution in [2.75, 3.05) is 5.32 Å². The summed E-state index contributed by atoms with van der Waals surface area (Å²) in [5.41, 5.74) is 8.16. The van der Waals surface area contributed by atoms with Crippen molar-refractivity contribution >= 4 is 17.5 Å². The van der Waals surface area contributed by atoms with Crippen LogP contribution in [0.25, 0.3) is 22.8 Å². The summed E-state index contributed by atoms with van der Waals surface area (Å²) >= 11 is 0. The third-order valence-corrected chi connectivity index (χ3v) is 4.97. The van der Waals surface area contributed by atoms with Crippen molar-refractivity contribution in [3.05, 3.63) is 84.2 Å². The molecule has 0 aliphatic carbocycles. The number of rotatable bonds is 6. The van der Waals surface area contributed by atoms with Crippen molar-refractivity contribution in [2.45, 2.75) is 19.9 Å². The summed E-state index contributed by atoms with van der Waals surface area (Å²) in [6.45, 7) is 4.04. The van der Waals surface area contributed by atoms with Crippen molar-refractivity contribution in [3.8, 4) is 22.8 Å². The maximum absolute atomic E-state index is 13.1. The summed E-state index contributed by atoms with van der Waals surface area (Å²) in [7, 11) is 0. The molecule has 8 heteroatoms. The molecule has 160 valence electrons. The first-order valence-corrected chi connectivity index (χ1v) is 10.1. The molecular formula is C24H22N6O2. The maximum Gasteiger partial charge on any atom is 0.256 e.